The predicted octanol–water partition coefficient (Wildman–Crippen LogP) is 10.2. The lowest BCUT2D eigenvalue weighted by molar-refractivity contribution is 0.436. The van der Waals surface area contributed by atoms with E-state index in [1.807, 2.05) is 60.7 Å². The average molecular weight is 667 g/mol. The molecule has 1 unspecified atom stereocenters. The second kappa shape index (κ2) is 11.8. The third-order valence-electron chi connectivity index (χ3n) is 10.4. The molecule has 1 N–H and O–H groups in total. The van der Waals surface area contributed by atoms with E-state index < -0.39 is 5.41 Å². The van der Waals surface area contributed by atoms with Crippen LogP contribution in [0.15, 0.2) is 180 Å². The highest BCUT2D eigenvalue weighted by Crippen LogP contribution is 2.62. The number of aliphatic imine (C=N–C) groups is 2. The minimum atomic E-state index is -0.576. The van der Waals surface area contributed by atoms with E-state index >= 15 is 0 Å². The molecule has 0 radical (unpaired) electrons. The van der Waals surface area contributed by atoms with Crippen molar-refractivity contribution in [1.82, 2.24) is 5.32 Å². The number of ether oxygens (including phenoxy) is 1. The molecule has 0 saturated carbocycles. The van der Waals surface area contributed by atoms with Gasteiger partial charge in [0, 0.05) is 22.3 Å². The molecule has 0 saturated heterocycles. The van der Waals surface area contributed by atoms with Gasteiger partial charge in [0.05, 0.1) is 17.0 Å². The van der Waals surface area contributed by atoms with E-state index in [1.54, 1.807) is 0 Å². The van der Waals surface area contributed by atoms with Crippen molar-refractivity contribution in [2.45, 2.75) is 11.6 Å². The molecule has 244 valence electrons. The van der Waals surface area contributed by atoms with Gasteiger partial charge in [-0.05, 0) is 75.3 Å². The first-order valence-electron chi connectivity index (χ1n) is 17.4. The van der Waals surface area contributed by atoms with Gasteiger partial charge in [-0.15, -0.1) is 0 Å². The second-order valence-corrected chi connectivity index (χ2v) is 13.3. The number of benzene rings is 7. The molecule has 2 aliphatic heterocycles. The van der Waals surface area contributed by atoms with Crippen LogP contribution < -0.4 is 10.1 Å². The zero-order valence-corrected chi connectivity index (χ0v) is 28.0. The van der Waals surface area contributed by atoms with Crippen LogP contribution in [0.3, 0.4) is 0 Å². The van der Waals surface area contributed by atoms with E-state index in [4.69, 9.17) is 14.7 Å². The van der Waals surface area contributed by atoms with E-state index in [9.17, 15) is 5.26 Å². The average Bonchev–Trinajstić information content (AvgIpc) is 3.51. The fourth-order valence-corrected chi connectivity index (χ4v) is 8.11. The highest BCUT2D eigenvalue weighted by atomic mass is 16.5. The van der Waals surface area contributed by atoms with Crippen molar-refractivity contribution in [2.24, 2.45) is 9.98 Å². The number of fused-ring (bicyclic) bond motifs is 9. The molecular weight excluding hydrogens is 637 g/mol. The molecule has 1 spiro atoms. The number of rotatable bonds is 4. The van der Waals surface area contributed by atoms with E-state index in [0.29, 0.717) is 11.4 Å². The monoisotopic (exact) mass is 666 g/mol. The van der Waals surface area contributed by atoms with Gasteiger partial charge >= 0.3 is 0 Å². The van der Waals surface area contributed by atoms with E-state index in [0.717, 1.165) is 56.3 Å². The third-order valence-corrected chi connectivity index (χ3v) is 10.4. The molecule has 1 aliphatic carbocycles. The van der Waals surface area contributed by atoms with Crippen LogP contribution in [-0.2, 0) is 5.41 Å². The maximum atomic E-state index is 9.32. The minimum absolute atomic E-state index is 0.341. The first kappa shape index (κ1) is 29.8. The molecule has 0 amide bonds. The molecule has 0 bridgehead atoms. The lowest BCUT2D eigenvalue weighted by Gasteiger charge is -2.39. The summed E-state index contributed by atoms with van der Waals surface area (Å²) in [4.78, 5) is 10.4. The van der Waals surface area contributed by atoms with Crippen molar-refractivity contribution in [1.29, 1.82) is 5.26 Å². The van der Waals surface area contributed by atoms with Gasteiger partial charge in [-0.1, -0.05) is 133 Å². The molecule has 2 heterocycles. The molecule has 7 aromatic rings. The van der Waals surface area contributed by atoms with Crippen LogP contribution in [0.5, 0.6) is 11.5 Å². The molecule has 5 nitrogen and oxygen atoms in total. The fourth-order valence-electron chi connectivity index (χ4n) is 8.11. The van der Waals surface area contributed by atoms with Crippen molar-refractivity contribution < 1.29 is 4.74 Å². The Morgan fingerprint density at radius 1 is 0.538 bits per heavy atom. The molecule has 52 heavy (non-hydrogen) atoms. The number of nitriles is 1. The number of para-hydroxylation sites is 2. The largest absolute Gasteiger partial charge is 0.457 e. The van der Waals surface area contributed by atoms with Crippen molar-refractivity contribution >= 4 is 11.7 Å². The smallest absolute Gasteiger partial charge is 0.159 e. The maximum Gasteiger partial charge on any atom is 0.159 e. The van der Waals surface area contributed by atoms with Crippen LogP contribution in [0.2, 0.25) is 0 Å². The Hall–Kier alpha value is -7.03. The summed E-state index contributed by atoms with van der Waals surface area (Å²) in [5, 5.41) is 13.0. The van der Waals surface area contributed by atoms with Crippen LogP contribution in [-0.4, -0.2) is 11.7 Å². The Bertz CT molecular complexity index is 2610. The SMILES string of the molecule is N#Cc1ccc(-c2cccc(C3=NC(c4ccccc4)NC(c4ccc5c(c4)C4(c6ccccc6Oc6ccccc64)c4ccccc4-5)=N3)c2)cc1. The summed E-state index contributed by atoms with van der Waals surface area (Å²) in [6, 6.07) is 60.8. The van der Waals surface area contributed by atoms with Gasteiger partial charge in [0.25, 0.3) is 0 Å². The first-order chi connectivity index (χ1) is 25.7. The number of nitrogens with zero attached hydrogens (tertiary/aromatic N) is 3. The van der Waals surface area contributed by atoms with Crippen molar-refractivity contribution in [3.8, 4) is 39.8 Å². The summed E-state index contributed by atoms with van der Waals surface area (Å²) in [5.41, 5.74) is 12.2. The molecule has 5 heteroatoms. The lowest BCUT2D eigenvalue weighted by atomic mass is 9.66. The van der Waals surface area contributed by atoms with E-state index in [-0.39, 0.29) is 6.17 Å². The van der Waals surface area contributed by atoms with Gasteiger partial charge in [0.2, 0.25) is 0 Å². The summed E-state index contributed by atoms with van der Waals surface area (Å²) in [5.74, 6) is 3.13. The van der Waals surface area contributed by atoms with Gasteiger partial charge < -0.3 is 10.1 Å². The molecule has 0 fully saturated rings. The highest BCUT2D eigenvalue weighted by molar-refractivity contribution is 6.13. The van der Waals surface area contributed by atoms with E-state index in [2.05, 4.69) is 121 Å². The first-order valence-corrected chi connectivity index (χ1v) is 17.4. The van der Waals surface area contributed by atoms with Crippen molar-refractivity contribution in [3.63, 3.8) is 0 Å². The molecule has 10 rings (SSSR count). The molecular formula is C47H30N4O. The van der Waals surface area contributed by atoms with Crippen LogP contribution in [0, 0.1) is 11.3 Å². The predicted molar refractivity (Wildman–Crippen MR) is 206 cm³/mol. The number of hydrogen-bond donors (Lipinski definition) is 1. The van der Waals surface area contributed by atoms with Crippen molar-refractivity contribution in [2.75, 3.05) is 0 Å². The minimum Gasteiger partial charge on any atom is -0.457 e. The Morgan fingerprint density at radius 3 is 1.92 bits per heavy atom. The summed E-state index contributed by atoms with van der Waals surface area (Å²) in [6.07, 6.45) is -0.341. The van der Waals surface area contributed by atoms with Gasteiger partial charge in [-0.25, -0.2) is 9.98 Å². The zero-order chi connectivity index (χ0) is 34.6. The Kier molecular flexibility index (Phi) is 6.77. The third kappa shape index (κ3) is 4.55. The number of amidine groups is 2. The Labute approximate surface area is 301 Å². The van der Waals surface area contributed by atoms with Crippen LogP contribution in [0.25, 0.3) is 22.3 Å². The normalized spacial score (nSPS) is 15.8. The van der Waals surface area contributed by atoms with Crippen molar-refractivity contribution in [3.05, 3.63) is 214 Å². The molecule has 0 aromatic heterocycles. The van der Waals surface area contributed by atoms with Gasteiger partial charge in [-0.3, -0.25) is 0 Å². The highest BCUT2D eigenvalue weighted by Gasteiger charge is 2.51. The number of hydrogen-bond acceptors (Lipinski definition) is 5. The zero-order valence-electron chi connectivity index (χ0n) is 28.0. The standard InChI is InChI=1S/C47H30N4O/c48-29-30-21-23-31(24-22-30)33-13-10-14-34(27-33)45-49-44(32-11-2-1-3-12-32)50-46(51-45)35-25-26-37-36-15-4-5-16-38(36)47(41(37)28-35)39-17-6-8-19-42(39)52-43-20-9-7-18-40(43)47/h1-28,44H,(H,49,50,51). The Morgan fingerprint density at radius 2 is 1.17 bits per heavy atom. The summed E-state index contributed by atoms with van der Waals surface area (Å²) < 4.78 is 6.55. The fraction of sp³-hybridized carbons (Fsp3) is 0.0426. The molecule has 3 aliphatic rings. The Balaban J connectivity index is 1.16. The van der Waals surface area contributed by atoms with Crippen LogP contribution in [0.1, 0.15) is 50.7 Å². The van der Waals surface area contributed by atoms with E-state index in [1.165, 1.54) is 22.3 Å². The van der Waals surface area contributed by atoms with Crippen LogP contribution >= 0.6 is 0 Å². The second-order valence-electron chi connectivity index (χ2n) is 13.3. The van der Waals surface area contributed by atoms with Gasteiger partial charge in [0.1, 0.15) is 23.5 Å². The molecule has 7 aromatic carbocycles. The quantitative estimate of drug-likeness (QED) is 0.203. The molecule has 1 atom stereocenters. The lowest BCUT2D eigenvalue weighted by Crippen LogP contribution is -2.35. The summed E-state index contributed by atoms with van der Waals surface area (Å²) >= 11 is 0. The van der Waals surface area contributed by atoms with Gasteiger partial charge in [0.15, 0.2) is 5.84 Å². The number of nitrogens with one attached hydrogen (secondary N) is 1. The summed E-state index contributed by atoms with van der Waals surface area (Å²) in [7, 11) is 0. The maximum absolute atomic E-state index is 9.32. The summed E-state index contributed by atoms with van der Waals surface area (Å²) in [6.45, 7) is 0. The topological polar surface area (TPSA) is 69.8 Å². The van der Waals surface area contributed by atoms with Crippen LogP contribution in [0.4, 0.5) is 0 Å². The van der Waals surface area contributed by atoms with Gasteiger partial charge in [-0.2, -0.15) is 5.26 Å².